The van der Waals surface area contributed by atoms with Gasteiger partial charge in [0, 0.05) is 16.6 Å². The van der Waals surface area contributed by atoms with Gasteiger partial charge in [-0.2, -0.15) is 0 Å². The first kappa shape index (κ1) is 19.8. The number of benzene rings is 1. The minimum absolute atomic E-state index is 0.0690. The van der Waals surface area contributed by atoms with Gasteiger partial charge < -0.3 is 5.32 Å². The normalized spacial score (nSPS) is 13.3. The Morgan fingerprint density at radius 3 is 2.48 bits per heavy atom. The summed E-state index contributed by atoms with van der Waals surface area (Å²) >= 11 is 7.31. The van der Waals surface area contributed by atoms with Crippen LogP contribution in [0, 0.1) is 0 Å². The van der Waals surface area contributed by atoms with Gasteiger partial charge in [-0.1, -0.05) is 23.4 Å². The van der Waals surface area contributed by atoms with Gasteiger partial charge in [-0.05, 0) is 59.7 Å². The number of nitrogens with one attached hydrogen (secondary N) is 1. The second kappa shape index (κ2) is 7.38. The van der Waals surface area contributed by atoms with Gasteiger partial charge in [0.2, 0.25) is 5.91 Å². The van der Waals surface area contributed by atoms with E-state index in [1.54, 1.807) is 22.8 Å². The number of halogens is 1. The van der Waals surface area contributed by atoms with Crippen molar-refractivity contribution in [2.75, 3.05) is 0 Å². The van der Waals surface area contributed by atoms with Crippen LogP contribution >= 0.6 is 23.4 Å². The monoisotopic (exact) mass is 381 g/mol. The Morgan fingerprint density at radius 2 is 1.92 bits per heavy atom. The molecular weight excluding hydrogens is 358 g/mol. The quantitative estimate of drug-likeness (QED) is 0.641. The molecule has 7 heteroatoms. The summed E-state index contributed by atoms with van der Waals surface area (Å²) in [5.41, 5.74) is 0.108. The van der Waals surface area contributed by atoms with Crippen LogP contribution < -0.4 is 10.9 Å². The van der Waals surface area contributed by atoms with Crippen LogP contribution in [0.3, 0.4) is 0 Å². The van der Waals surface area contributed by atoms with E-state index in [1.807, 2.05) is 41.5 Å². The fourth-order valence-electron chi connectivity index (χ4n) is 2.37. The number of rotatable bonds is 4. The van der Waals surface area contributed by atoms with Crippen molar-refractivity contribution in [1.82, 2.24) is 14.9 Å². The molecule has 0 aliphatic heterocycles. The molecule has 1 aromatic heterocycles. The number of fused-ring (bicyclic) bond motifs is 1. The number of aromatic nitrogens is 2. The topological polar surface area (TPSA) is 64.0 Å². The minimum atomic E-state index is -0.382. The van der Waals surface area contributed by atoms with Gasteiger partial charge in [0.15, 0.2) is 5.16 Å². The molecule has 2 rings (SSSR count). The highest BCUT2D eigenvalue weighted by atomic mass is 35.5. The Morgan fingerprint density at radius 1 is 1.28 bits per heavy atom. The summed E-state index contributed by atoms with van der Waals surface area (Å²) < 4.78 is 1.63. The molecule has 5 nitrogen and oxygen atoms in total. The smallest absolute Gasteiger partial charge is 0.262 e. The van der Waals surface area contributed by atoms with Crippen LogP contribution in [-0.4, -0.2) is 26.2 Å². The number of thioether (sulfide) groups is 1. The molecule has 25 heavy (non-hydrogen) atoms. The van der Waals surface area contributed by atoms with Crippen molar-refractivity contribution in [1.29, 1.82) is 0 Å². The first-order chi connectivity index (χ1) is 11.5. The fourth-order valence-corrected chi connectivity index (χ4v) is 3.58. The molecule has 0 unspecified atom stereocenters. The number of hydrogen-bond donors (Lipinski definition) is 1. The maximum atomic E-state index is 12.8. The number of hydrogen-bond acceptors (Lipinski definition) is 4. The van der Waals surface area contributed by atoms with E-state index in [1.165, 1.54) is 11.8 Å². The van der Waals surface area contributed by atoms with Crippen molar-refractivity contribution in [3.8, 4) is 0 Å². The molecule has 1 amide bonds. The Labute approximate surface area is 157 Å². The summed E-state index contributed by atoms with van der Waals surface area (Å²) in [5.74, 6) is -0.0896. The molecule has 0 aliphatic carbocycles. The number of amides is 1. The average Bonchev–Trinajstić information content (AvgIpc) is 2.44. The largest absolute Gasteiger partial charge is 0.351 e. The lowest BCUT2D eigenvalue weighted by Crippen LogP contribution is -2.44. The lowest BCUT2D eigenvalue weighted by atomic mass is 10.1. The molecular formula is C18H24ClN3O2S. The van der Waals surface area contributed by atoms with Gasteiger partial charge in [-0.15, -0.1) is 0 Å². The lowest BCUT2D eigenvalue weighted by molar-refractivity contribution is -0.121. The van der Waals surface area contributed by atoms with E-state index < -0.39 is 0 Å². The highest BCUT2D eigenvalue weighted by Crippen LogP contribution is 2.26. The van der Waals surface area contributed by atoms with E-state index in [-0.39, 0.29) is 28.3 Å². The molecule has 1 aromatic carbocycles. The van der Waals surface area contributed by atoms with E-state index in [2.05, 4.69) is 10.3 Å². The van der Waals surface area contributed by atoms with Crippen LogP contribution in [0.1, 0.15) is 47.6 Å². The zero-order valence-corrected chi connectivity index (χ0v) is 17.0. The first-order valence-electron chi connectivity index (χ1n) is 8.20. The summed E-state index contributed by atoms with van der Waals surface area (Å²) in [6, 6.07) is 4.98. The SMILES string of the molecule is CC(C)n1c(S[C@@H](C)C(=O)NC(C)(C)C)nc2cc(Cl)ccc2c1=O. The third kappa shape index (κ3) is 4.76. The van der Waals surface area contributed by atoms with Crippen molar-refractivity contribution < 1.29 is 4.79 Å². The number of carbonyl (C=O) groups is 1. The van der Waals surface area contributed by atoms with Crippen molar-refractivity contribution in [2.45, 2.75) is 63.5 Å². The molecule has 0 saturated carbocycles. The fraction of sp³-hybridized carbons (Fsp3) is 0.500. The molecule has 2 aromatic rings. The Balaban J connectivity index is 2.47. The van der Waals surface area contributed by atoms with E-state index in [0.717, 1.165) is 0 Å². The van der Waals surface area contributed by atoms with Gasteiger partial charge in [-0.3, -0.25) is 14.2 Å². The van der Waals surface area contributed by atoms with Crippen LogP contribution in [0.2, 0.25) is 5.02 Å². The molecule has 1 heterocycles. The molecule has 0 radical (unpaired) electrons. The van der Waals surface area contributed by atoms with Gasteiger partial charge >= 0.3 is 0 Å². The highest BCUT2D eigenvalue weighted by molar-refractivity contribution is 8.00. The van der Waals surface area contributed by atoms with Gasteiger partial charge in [0.1, 0.15) is 0 Å². The number of nitrogens with zero attached hydrogens (tertiary/aromatic N) is 2. The zero-order chi connectivity index (χ0) is 18.9. The molecule has 0 saturated heterocycles. The highest BCUT2D eigenvalue weighted by Gasteiger charge is 2.23. The summed E-state index contributed by atoms with van der Waals surface area (Å²) in [7, 11) is 0. The molecule has 0 fully saturated rings. The van der Waals surface area contributed by atoms with Crippen molar-refractivity contribution in [2.24, 2.45) is 0 Å². The second-order valence-electron chi connectivity index (χ2n) is 7.32. The Bertz CT molecular complexity index is 856. The van der Waals surface area contributed by atoms with E-state index >= 15 is 0 Å². The van der Waals surface area contributed by atoms with Crippen LogP contribution in [0.4, 0.5) is 0 Å². The van der Waals surface area contributed by atoms with Crippen molar-refractivity contribution in [3.63, 3.8) is 0 Å². The predicted octanol–water partition coefficient (Wildman–Crippen LogP) is 4.03. The van der Waals surface area contributed by atoms with Crippen LogP contribution in [0.5, 0.6) is 0 Å². The molecule has 0 aliphatic rings. The second-order valence-corrected chi connectivity index (χ2v) is 9.07. The lowest BCUT2D eigenvalue weighted by Gasteiger charge is -2.24. The van der Waals surface area contributed by atoms with Crippen LogP contribution in [0.25, 0.3) is 10.9 Å². The zero-order valence-electron chi connectivity index (χ0n) is 15.4. The Hall–Kier alpha value is -1.53. The van der Waals surface area contributed by atoms with Gasteiger partial charge in [0.25, 0.3) is 5.56 Å². The summed E-state index contributed by atoms with van der Waals surface area (Å²) in [4.78, 5) is 29.8. The van der Waals surface area contributed by atoms with E-state index in [0.29, 0.717) is 21.1 Å². The summed E-state index contributed by atoms with van der Waals surface area (Å²) in [6.45, 7) is 11.5. The molecule has 136 valence electrons. The van der Waals surface area contributed by atoms with E-state index in [4.69, 9.17) is 11.6 Å². The summed E-state index contributed by atoms with van der Waals surface area (Å²) in [6.07, 6.45) is 0. The Kier molecular flexibility index (Phi) is 5.84. The maximum Gasteiger partial charge on any atom is 0.262 e. The first-order valence-corrected chi connectivity index (χ1v) is 9.46. The maximum absolute atomic E-state index is 12.8. The van der Waals surface area contributed by atoms with Crippen molar-refractivity contribution >= 4 is 40.2 Å². The third-order valence-corrected chi connectivity index (χ3v) is 4.80. The number of carbonyl (C=O) groups excluding carboxylic acids is 1. The standard InChI is InChI=1S/C18H24ClN3O2S/c1-10(2)22-16(24)13-8-7-12(19)9-14(13)20-17(22)25-11(3)15(23)21-18(4,5)6/h7-11H,1-6H3,(H,21,23)/t11-/m0/s1. The van der Waals surface area contributed by atoms with Crippen molar-refractivity contribution in [3.05, 3.63) is 33.6 Å². The average molecular weight is 382 g/mol. The predicted molar refractivity (Wildman–Crippen MR) is 105 cm³/mol. The van der Waals surface area contributed by atoms with Crippen LogP contribution in [0.15, 0.2) is 28.2 Å². The van der Waals surface area contributed by atoms with Crippen LogP contribution in [-0.2, 0) is 4.79 Å². The minimum Gasteiger partial charge on any atom is -0.351 e. The molecule has 0 spiro atoms. The van der Waals surface area contributed by atoms with E-state index in [9.17, 15) is 9.59 Å². The summed E-state index contributed by atoms with van der Waals surface area (Å²) in [5, 5.41) is 4.14. The molecule has 1 atom stereocenters. The molecule has 0 bridgehead atoms. The third-order valence-electron chi connectivity index (χ3n) is 3.50. The molecule has 1 N–H and O–H groups in total. The van der Waals surface area contributed by atoms with Gasteiger partial charge in [0.05, 0.1) is 16.2 Å². The van der Waals surface area contributed by atoms with Gasteiger partial charge in [-0.25, -0.2) is 4.98 Å².